The summed E-state index contributed by atoms with van der Waals surface area (Å²) in [5.74, 6) is 3.05. The van der Waals surface area contributed by atoms with Crippen molar-refractivity contribution in [2.75, 3.05) is 11.5 Å². The molecule has 2 aromatic heterocycles. The van der Waals surface area contributed by atoms with E-state index < -0.39 is 0 Å². The minimum Gasteiger partial charge on any atom is -0.236 e. The van der Waals surface area contributed by atoms with Gasteiger partial charge in [-0.2, -0.15) is 11.8 Å². The van der Waals surface area contributed by atoms with Crippen LogP contribution < -0.4 is 0 Å². The first kappa shape index (κ1) is 18.2. The van der Waals surface area contributed by atoms with Crippen molar-refractivity contribution in [3.05, 3.63) is 58.2 Å². The number of nitrogens with zero attached hydrogens (tertiary/aromatic N) is 4. The lowest BCUT2D eigenvalue weighted by molar-refractivity contribution is 0.488. The molecule has 2 aromatic carbocycles. The normalized spacial score (nSPS) is 15.5. The van der Waals surface area contributed by atoms with Crippen LogP contribution in [0.4, 0.5) is 0 Å². The Morgan fingerprint density at radius 3 is 2.71 bits per heavy atom. The highest BCUT2D eigenvalue weighted by atomic mass is 35.5. The fourth-order valence-electron chi connectivity index (χ4n) is 3.83. The average molecular weight is 429 g/mol. The summed E-state index contributed by atoms with van der Waals surface area (Å²) in [6.07, 6.45) is 3.30. The number of benzene rings is 2. The van der Waals surface area contributed by atoms with E-state index in [2.05, 4.69) is 15.3 Å². The summed E-state index contributed by atoms with van der Waals surface area (Å²) in [7, 11) is 0. The molecule has 7 heteroatoms. The van der Waals surface area contributed by atoms with Gasteiger partial charge in [0.2, 0.25) is 0 Å². The highest BCUT2D eigenvalue weighted by molar-refractivity contribution is 7.99. The topological polar surface area (TPSA) is 43.6 Å². The zero-order valence-corrected chi connectivity index (χ0v) is 17.4. The van der Waals surface area contributed by atoms with E-state index >= 15 is 0 Å². The van der Waals surface area contributed by atoms with Gasteiger partial charge in [0.1, 0.15) is 10.7 Å². The van der Waals surface area contributed by atoms with Crippen LogP contribution in [0.3, 0.4) is 0 Å². The Bertz CT molecular complexity index is 1170. The zero-order chi connectivity index (χ0) is 19.1. The molecule has 0 atom stereocenters. The van der Waals surface area contributed by atoms with Crippen LogP contribution >= 0.6 is 35.0 Å². The van der Waals surface area contributed by atoms with E-state index in [1.807, 2.05) is 58.9 Å². The first-order valence-corrected chi connectivity index (χ1v) is 11.3. The highest BCUT2D eigenvalue weighted by Crippen LogP contribution is 2.36. The maximum atomic E-state index is 6.84. The smallest absolute Gasteiger partial charge is 0.134 e. The third kappa shape index (κ3) is 3.25. The molecule has 1 aliphatic heterocycles. The summed E-state index contributed by atoms with van der Waals surface area (Å²) >= 11 is 15.4. The van der Waals surface area contributed by atoms with Gasteiger partial charge >= 0.3 is 0 Å². The van der Waals surface area contributed by atoms with Crippen LogP contribution in [0.15, 0.2) is 42.5 Å². The van der Waals surface area contributed by atoms with E-state index in [-0.39, 0.29) is 0 Å². The molecule has 142 valence electrons. The van der Waals surface area contributed by atoms with E-state index in [4.69, 9.17) is 23.2 Å². The molecule has 1 saturated heterocycles. The van der Waals surface area contributed by atoms with Crippen LogP contribution in [0.5, 0.6) is 0 Å². The van der Waals surface area contributed by atoms with Gasteiger partial charge in [-0.05, 0) is 67.0 Å². The average Bonchev–Trinajstić information content (AvgIpc) is 3.16. The van der Waals surface area contributed by atoms with Gasteiger partial charge in [0.05, 0.1) is 21.7 Å². The van der Waals surface area contributed by atoms with Gasteiger partial charge < -0.3 is 0 Å². The van der Waals surface area contributed by atoms with E-state index in [0.717, 1.165) is 39.6 Å². The number of hydrogen-bond donors (Lipinski definition) is 0. The number of thioether (sulfide) groups is 1. The quantitative estimate of drug-likeness (QED) is 0.377. The first-order chi connectivity index (χ1) is 13.7. The molecule has 4 aromatic rings. The number of aromatic nitrogens is 4. The lowest BCUT2D eigenvalue weighted by Gasteiger charge is -2.22. The predicted molar refractivity (Wildman–Crippen MR) is 118 cm³/mol. The van der Waals surface area contributed by atoms with Crippen LogP contribution in [0.25, 0.3) is 27.6 Å². The van der Waals surface area contributed by atoms with Crippen LogP contribution in [-0.4, -0.2) is 31.5 Å². The zero-order valence-electron chi connectivity index (χ0n) is 15.1. The van der Waals surface area contributed by atoms with Gasteiger partial charge in [-0.3, -0.25) is 0 Å². The van der Waals surface area contributed by atoms with Crippen LogP contribution in [0.1, 0.15) is 18.4 Å². The molecule has 0 unspecified atom stereocenters. The monoisotopic (exact) mass is 428 g/mol. The number of rotatable bonds is 3. The third-order valence-electron chi connectivity index (χ3n) is 5.38. The van der Waals surface area contributed by atoms with Crippen molar-refractivity contribution in [2.45, 2.75) is 19.3 Å². The van der Waals surface area contributed by atoms with E-state index in [1.54, 1.807) is 0 Å². The summed E-state index contributed by atoms with van der Waals surface area (Å²) in [5, 5.41) is 10.7. The van der Waals surface area contributed by atoms with Crippen molar-refractivity contribution in [3.63, 3.8) is 0 Å². The van der Waals surface area contributed by atoms with E-state index in [1.165, 1.54) is 24.3 Å². The second-order valence-corrected chi connectivity index (χ2v) is 9.11. The second-order valence-electron chi connectivity index (χ2n) is 7.15. The molecule has 0 spiro atoms. The van der Waals surface area contributed by atoms with Crippen LogP contribution in [0.2, 0.25) is 10.2 Å². The summed E-state index contributed by atoms with van der Waals surface area (Å²) in [6.45, 7) is 0. The lowest BCUT2D eigenvalue weighted by Crippen LogP contribution is -2.13. The molecule has 0 saturated carbocycles. The highest BCUT2D eigenvalue weighted by Gasteiger charge is 2.20. The lowest BCUT2D eigenvalue weighted by atomic mass is 9.94. The molecular weight excluding hydrogens is 411 g/mol. The molecule has 0 bridgehead atoms. The molecule has 1 aliphatic rings. The molecule has 4 nitrogen and oxygen atoms in total. The Balaban J connectivity index is 1.60. The Morgan fingerprint density at radius 1 is 1.04 bits per heavy atom. The SMILES string of the molecule is Clc1nc2ccc(-n3nnc4ccccc43)cc2c(Cl)c1CC1CCSCC1. The number of hydrogen-bond acceptors (Lipinski definition) is 4. The Labute approximate surface area is 177 Å². The van der Waals surface area contributed by atoms with Crippen molar-refractivity contribution in [3.8, 4) is 5.69 Å². The van der Waals surface area contributed by atoms with Crippen molar-refractivity contribution < 1.29 is 0 Å². The maximum absolute atomic E-state index is 6.84. The number of fused-ring (bicyclic) bond motifs is 2. The van der Waals surface area contributed by atoms with Crippen molar-refractivity contribution >= 4 is 56.9 Å². The van der Waals surface area contributed by atoms with Crippen molar-refractivity contribution in [1.29, 1.82) is 0 Å². The summed E-state index contributed by atoms with van der Waals surface area (Å²) in [6, 6.07) is 13.9. The molecule has 28 heavy (non-hydrogen) atoms. The molecule has 0 radical (unpaired) electrons. The fourth-order valence-corrected chi connectivity index (χ4v) is 5.66. The predicted octanol–water partition coefficient (Wildman–Crippen LogP) is 5.96. The molecule has 3 heterocycles. The molecule has 0 aliphatic carbocycles. The first-order valence-electron chi connectivity index (χ1n) is 9.37. The molecule has 0 amide bonds. The number of halogens is 2. The largest absolute Gasteiger partial charge is 0.236 e. The third-order valence-corrected chi connectivity index (χ3v) is 7.17. The van der Waals surface area contributed by atoms with Crippen LogP contribution in [0, 0.1) is 5.92 Å². The molecule has 1 fully saturated rings. The maximum Gasteiger partial charge on any atom is 0.134 e. The van der Waals surface area contributed by atoms with E-state index in [9.17, 15) is 0 Å². The van der Waals surface area contributed by atoms with E-state index in [0.29, 0.717) is 16.1 Å². The minimum absolute atomic E-state index is 0.523. The van der Waals surface area contributed by atoms with Crippen molar-refractivity contribution in [2.24, 2.45) is 5.92 Å². The Morgan fingerprint density at radius 2 is 1.86 bits per heavy atom. The van der Waals surface area contributed by atoms with Gasteiger partial charge in [0, 0.05) is 10.9 Å². The standard InChI is InChI=1S/C21H18Cl2N4S/c22-20-15-12-14(27-19-4-2-1-3-18(19)25-26-27)5-6-17(15)24-21(23)16(20)11-13-7-9-28-10-8-13/h1-6,12-13H,7-11H2. The Kier molecular flexibility index (Phi) is 4.91. The number of pyridine rings is 1. The molecular formula is C21H18Cl2N4S. The van der Waals surface area contributed by atoms with Gasteiger partial charge in [-0.1, -0.05) is 40.5 Å². The van der Waals surface area contributed by atoms with Gasteiger partial charge in [-0.25, -0.2) is 9.67 Å². The molecule has 0 N–H and O–H groups in total. The van der Waals surface area contributed by atoms with Gasteiger partial charge in [0.25, 0.3) is 0 Å². The fraction of sp³-hybridized carbons (Fsp3) is 0.286. The summed E-state index contributed by atoms with van der Waals surface area (Å²) < 4.78 is 1.83. The summed E-state index contributed by atoms with van der Waals surface area (Å²) in [5.41, 5.74) is 4.49. The Hall–Kier alpha value is -1.82. The van der Waals surface area contributed by atoms with Gasteiger partial charge in [0.15, 0.2) is 0 Å². The minimum atomic E-state index is 0.523. The van der Waals surface area contributed by atoms with Gasteiger partial charge in [-0.15, -0.1) is 5.10 Å². The number of para-hydroxylation sites is 1. The second kappa shape index (κ2) is 7.54. The van der Waals surface area contributed by atoms with Crippen LogP contribution in [-0.2, 0) is 6.42 Å². The molecule has 5 rings (SSSR count). The van der Waals surface area contributed by atoms with Crippen molar-refractivity contribution in [1.82, 2.24) is 20.0 Å². The summed E-state index contributed by atoms with van der Waals surface area (Å²) in [4.78, 5) is 4.62.